The van der Waals surface area contributed by atoms with Crippen LogP contribution in [-0.4, -0.2) is 52.3 Å². The van der Waals surface area contributed by atoms with Crippen molar-refractivity contribution in [2.24, 2.45) is 0 Å². The lowest BCUT2D eigenvalue weighted by molar-refractivity contribution is -0.159. The van der Waals surface area contributed by atoms with Crippen LogP contribution in [0, 0.1) is 0 Å². The number of phosphoric ester groups is 1. The van der Waals surface area contributed by atoms with Gasteiger partial charge in [0.25, 0.3) is 0 Å². The summed E-state index contributed by atoms with van der Waals surface area (Å²) in [6, 6.07) is 0. The highest BCUT2D eigenvalue weighted by Crippen LogP contribution is 2.35. The standard InChI is InChI=1S/C25H39O9P/c1-3-4-5-6-7-8-9-10-11-12-13-14-15-17-23(27)18-16-19-25(28)32-20-24(34-22(2)26)21-33-35(29,30)31/h4-5,7-8,10-11,13-15,17,23-24,27H,3,6,9,12,16,18-21H2,1-2H3,(H2,29,30,31)/b5-4-,8-7-,11-10-,14-13-,17-15+/t23?,24-/m1/s1. The van der Waals surface area contributed by atoms with Crippen LogP contribution in [0.5, 0.6) is 0 Å². The molecule has 3 N–H and O–H groups in total. The molecule has 0 spiro atoms. The Morgan fingerprint density at radius 2 is 1.51 bits per heavy atom. The van der Waals surface area contributed by atoms with E-state index in [1.54, 1.807) is 12.2 Å². The van der Waals surface area contributed by atoms with Gasteiger partial charge in [-0.05, 0) is 38.5 Å². The number of allylic oxidation sites excluding steroid dienone is 9. The van der Waals surface area contributed by atoms with E-state index in [0.29, 0.717) is 12.8 Å². The van der Waals surface area contributed by atoms with Crippen molar-refractivity contribution in [3.05, 3.63) is 60.8 Å². The lowest BCUT2D eigenvalue weighted by Crippen LogP contribution is -2.28. The number of aliphatic hydroxyl groups is 1. The number of carbonyl (C=O) groups is 2. The second-order valence-electron chi connectivity index (χ2n) is 7.50. The Labute approximate surface area is 208 Å². The molecule has 0 aromatic rings. The van der Waals surface area contributed by atoms with Crippen LogP contribution in [0.25, 0.3) is 0 Å². The van der Waals surface area contributed by atoms with Gasteiger partial charge in [-0.1, -0.05) is 67.7 Å². The number of rotatable bonds is 19. The van der Waals surface area contributed by atoms with Crippen molar-refractivity contribution in [2.45, 2.75) is 71.0 Å². The summed E-state index contributed by atoms with van der Waals surface area (Å²) in [5.74, 6) is -1.29. The molecule has 0 saturated heterocycles. The fourth-order valence-corrected chi connectivity index (χ4v) is 2.93. The average Bonchev–Trinajstić information content (AvgIpc) is 2.78. The van der Waals surface area contributed by atoms with Gasteiger partial charge in [-0.2, -0.15) is 0 Å². The Hall–Kier alpha value is -2.29. The molecule has 2 atom stereocenters. The number of carbonyl (C=O) groups excluding carboxylic acids is 2. The van der Waals surface area contributed by atoms with Gasteiger partial charge in [0.1, 0.15) is 6.61 Å². The van der Waals surface area contributed by atoms with Crippen molar-refractivity contribution in [3.63, 3.8) is 0 Å². The fourth-order valence-electron chi connectivity index (χ4n) is 2.57. The van der Waals surface area contributed by atoms with E-state index in [9.17, 15) is 19.3 Å². The molecular formula is C25H39O9P. The molecule has 0 rings (SSSR count). The molecule has 0 bridgehead atoms. The van der Waals surface area contributed by atoms with E-state index < -0.39 is 45.2 Å². The van der Waals surface area contributed by atoms with Crippen LogP contribution in [-0.2, 0) is 28.2 Å². The largest absolute Gasteiger partial charge is 0.469 e. The molecule has 0 aromatic carbocycles. The normalized spacial score (nSPS) is 14.5. The van der Waals surface area contributed by atoms with E-state index in [-0.39, 0.29) is 6.42 Å². The van der Waals surface area contributed by atoms with Crippen LogP contribution in [0.3, 0.4) is 0 Å². The van der Waals surface area contributed by atoms with E-state index in [0.717, 1.165) is 32.6 Å². The molecule has 198 valence electrons. The van der Waals surface area contributed by atoms with E-state index in [1.807, 2.05) is 12.2 Å². The number of esters is 2. The second-order valence-corrected chi connectivity index (χ2v) is 8.74. The number of aliphatic hydroxyl groups excluding tert-OH is 1. The summed E-state index contributed by atoms with van der Waals surface area (Å²) in [4.78, 5) is 40.3. The SMILES string of the molecule is CC/C=C\C/C=C\C/C=C\C/C=C\C=C\C(O)CCCC(=O)OC[C@H](COP(=O)(O)O)OC(C)=O. The number of ether oxygens (including phenoxy) is 2. The Balaban J connectivity index is 4.04. The Kier molecular flexibility index (Phi) is 19.7. The van der Waals surface area contributed by atoms with Gasteiger partial charge in [-0.3, -0.25) is 14.1 Å². The third-order valence-corrected chi connectivity index (χ3v) is 4.69. The Morgan fingerprint density at radius 3 is 2.09 bits per heavy atom. The van der Waals surface area contributed by atoms with E-state index in [4.69, 9.17) is 19.3 Å². The lowest BCUT2D eigenvalue weighted by atomic mass is 10.1. The van der Waals surface area contributed by atoms with Crippen LogP contribution in [0.1, 0.15) is 58.8 Å². The molecule has 0 aliphatic carbocycles. The van der Waals surface area contributed by atoms with E-state index in [2.05, 4.69) is 47.9 Å². The molecule has 0 aliphatic rings. The van der Waals surface area contributed by atoms with Crippen molar-refractivity contribution in [3.8, 4) is 0 Å². The summed E-state index contributed by atoms with van der Waals surface area (Å²) >= 11 is 0. The van der Waals surface area contributed by atoms with E-state index >= 15 is 0 Å². The fraction of sp³-hybridized carbons (Fsp3) is 0.520. The van der Waals surface area contributed by atoms with Crippen molar-refractivity contribution in [2.75, 3.05) is 13.2 Å². The number of hydrogen-bond donors (Lipinski definition) is 3. The van der Waals surface area contributed by atoms with Crippen LogP contribution in [0.4, 0.5) is 0 Å². The highest BCUT2D eigenvalue weighted by Gasteiger charge is 2.21. The molecular weight excluding hydrogens is 475 g/mol. The summed E-state index contributed by atoms with van der Waals surface area (Å²) in [5.41, 5.74) is 0. The topological polar surface area (TPSA) is 140 Å². The minimum absolute atomic E-state index is 0.0288. The summed E-state index contributed by atoms with van der Waals surface area (Å²) in [6.45, 7) is 2.21. The third-order valence-electron chi connectivity index (χ3n) is 4.20. The Morgan fingerprint density at radius 1 is 0.914 bits per heavy atom. The second kappa shape index (κ2) is 21.0. The molecule has 0 radical (unpaired) electrons. The summed E-state index contributed by atoms with van der Waals surface area (Å²) in [5, 5.41) is 9.96. The zero-order valence-corrected chi connectivity index (χ0v) is 21.4. The minimum atomic E-state index is -4.74. The maximum absolute atomic E-state index is 11.8. The minimum Gasteiger partial charge on any atom is -0.462 e. The summed E-state index contributed by atoms with van der Waals surface area (Å²) < 4.78 is 24.8. The highest BCUT2D eigenvalue weighted by atomic mass is 31.2. The first-order chi connectivity index (χ1) is 16.6. The van der Waals surface area contributed by atoms with Crippen LogP contribution in [0.2, 0.25) is 0 Å². The quantitative estimate of drug-likeness (QED) is 0.0986. The zero-order valence-electron chi connectivity index (χ0n) is 20.5. The van der Waals surface area contributed by atoms with Gasteiger partial charge in [0.15, 0.2) is 6.10 Å². The molecule has 35 heavy (non-hydrogen) atoms. The van der Waals surface area contributed by atoms with Crippen molar-refractivity contribution in [1.29, 1.82) is 0 Å². The first-order valence-corrected chi connectivity index (χ1v) is 13.2. The van der Waals surface area contributed by atoms with Gasteiger partial charge in [0.2, 0.25) is 0 Å². The van der Waals surface area contributed by atoms with Crippen molar-refractivity contribution in [1.82, 2.24) is 0 Å². The van der Waals surface area contributed by atoms with Crippen molar-refractivity contribution >= 4 is 19.8 Å². The number of hydrogen-bond acceptors (Lipinski definition) is 7. The predicted molar refractivity (Wildman–Crippen MR) is 134 cm³/mol. The maximum atomic E-state index is 11.8. The first kappa shape index (κ1) is 32.7. The van der Waals surface area contributed by atoms with Gasteiger partial charge in [-0.25, -0.2) is 4.57 Å². The predicted octanol–water partition coefficient (Wildman–Crippen LogP) is 4.46. The third kappa shape index (κ3) is 24.6. The molecule has 0 aliphatic heterocycles. The molecule has 0 heterocycles. The molecule has 1 unspecified atom stereocenters. The zero-order chi connectivity index (χ0) is 26.4. The van der Waals surface area contributed by atoms with Gasteiger partial charge in [0, 0.05) is 13.3 Å². The summed E-state index contributed by atoms with van der Waals surface area (Å²) in [7, 11) is -4.74. The smallest absolute Gasteiger partial charge is 0.462 e. The molecule has 10 heteroatoms. The molecule has 0 amide bonds. The monoisotopic (exact) mass is 514 g/mol. The van der Waals surface area contributed by atoms with Gasteiger partial charge in [0.05, 0.1) is 12.7 Å². The van der Waals surface area contributed by atoms with Gasteiger partial charge in [-0.15, -0.1) is 0 Å². The van der Waals surface area contributed by atoms with Gasteiger partial charge < -0.3 is 24.4 Å². The lowest BCUT2D eigenvalue weighted by Gasteiger charge is -2.17. The van der Waals surface area contributed by atoms with Crippen molar-refractivity contribution < 1.29 is 43.0 Å². The van der Waals surface area contributed by atoms with Gasteiger partial charge >= 0.3 is 19.8 Å². The summed E-state index contributed by atoms with van der Waals surface area (Å²) in [6.07, 6.45) is 22.6. The molecule has 0 aromatic heterocycles. The molecule has 0 saturated carbocycles. The Bertz CT molecular complexity index is 778. The molecule has 0 fully saturated rings. The maximum Gasteiger partial charge on any atom is 0.469 e. The average molecular weight is 515 g/mol. The first-order valence-electron chi connectivity index (χ1n) is 11.6. The highest BCUT2D eigenvalue weighted by molar-refractivity contribution is 7.46. The number of phosphoric acid groups is 1. The van der Waals surface area contributed by atoms with Crippen LogP contribution in [0.15, 0.2) is 60.8 Å². The van der Waals surface area contributed by atoms with Crippen LogP contribution >= 0.6 is 7.82 Å². The molecule has 9 nitrogen and oxygen atoms in total. The van der Waals surface area contributed by atoms with Crippen LogP contribution < -0.4 is 0 Å². The van der Waals surface area contributed by atoms with E-state index in [1.165, 1.54) is 0 Å².